The number of para-hydroxylation sites is 3. The van der Waals surface area contributed by atoms with Crippen LogP contribution < -0.4 is 4.90 Å². The van der Waals surface area contributed by atoms with Crippen molar-refractivity contribution in [2.24, 2.45) is 0 Å². The van der Waals surface area contributed by atoms with Gasteiger partial charge in [0.25, 0.3) is 0 Å². The molecule has 3 heterocycles. The first-order chi connectivity index (χ1) is 28.1. The Balaban J connectivity index is 1.33. The maximum Gasteiger partial charge on any atom is 0.202 e. The van der Waals surface area contributed by atoms with Crippen LogP contribution in [0, 0.1) is 24.5 Å². The minimum absolute atomic E-state index is 0.151. The summed E-state index contributed by atoms with van der Waals surface area (Å²) in [6.07, 6.45) is 3.71. The van der Waals surface area contributed by atoms with Gasteiger partial charge in [-0.2, -0.15) is 5.26 Å². The fraction of sp³-hybridized carbons (Fsp3) is 0.0196. The van der Waals surface area contributed by atoms with Gasteiger partial charge in [-0.05, 0) is 81.9 Å². The summed E-state index contributed by atoms with van der Waals surface area (Å²) in [5.74, 6) is 0. The number of nitriles is 1. The molecule has 0 amide bonds. The average Bonchev–Trinajstić information content (AvgIpc) is 3.62. The molecule has 0 saturated heterocycles. The van der Waals surface area contributed by atoms with E-state index in [0.29, 0.717) is 16.7 Å². The molecule has 9 aromatic rings. The van der Waals surface area contributed by atoms with Crippen LogP contribution in [-0.4, -0.2) is 9.55 Å². The van der Waals surface area contributed by atoms with Crippen LogP contribution >= 0.6 is 0 Å². The molecule has 0 spiro atoms. The first-order valence-corrected chi connectivity index (χ1v) is 18.6. The summed E-state index contributed by atoms with van der Waals surface area (Å²) in [6, 6.07) is 60.8. The number of hydrogen-bond donors (Lipinski definition) is 0. The standard InChI is InChI=1S/C51H30N6/c1-53-45-28-34(32-52)27-41(50(45)54-2)35-29-38(56-46-22-12-9-19-40(46)42-33-55-26-25-47(42)56)31-39(30-35)57-48-23-13-10-20-43(48)51(36-15-5-3-6-16-36,37-17-7-4-8-18-37)44-21-11-14-24-49(44)57/h3-31,33H. The normalized spacial score (nSPS) is 12.6. The van der Waals surface area contributed by atoms with Crippen LogP contribution in [-0.2, 0) is 5.41 Å². The lowest BCUT2D eigenvalue weighted by atomic mass is 9.62. The predicted octanol–water partition coefficient (Wildman–Crippen LogP) is 13.0. The zero-order valence-electron chi connectivity index (χ0n) is 30.5. The van der Waals surface area contributed by atoms with Gasteiger partial charge < -0.3 is 9.47 Å². The van der Waals surface area contributed by atoms with Crippen molar-refractivity contribution in [2.45, 2.75) is 5.41 Å². The molecule has 0 bridgehead atoms. The van der Waals surface area contributed by atoms with Crippen molar-refractivity contribution in [3.8, 4) is 22.9 Å². The Morgan fingerprint density at radius 3 is 1.82 bits per heavy atom. The molecular formula is C51H30N6. The SMILES string of the molecule is [C-]#[N+]c1cc(C#N)cc(-c2cc(N3c4ccccc4C(c4ccccc4)(c4ccccc4)c4ccccc43)cc(-n3c4ccccc4c4cnccc43)c2)c1[N+]#[C-]. The van der Waals surface area contributed by atoms with Gasteiger partial charge in [-0.25, -0.2) is 4.85 Å². The number of fused-ring (bicyclic) bond motifs is 5. The Labute approximate surface area is 330 Å². The number of pyridine rings is 1. The molecule has 1 aliphatic heterocycles. The highest BCUT2D eigenvalue weighted by atomic mass is 15.2. The quantitative estimate of drug-likeness (QED) is 0.166. The number of rotatable bonds is 5. The highest BCUT2D eigenvalue weighted by Gasteiger charge is 2.46. The molecule has 10 rings (SSSR count). The second kappa shape index (κ2) is 13.3. The molecule has 0 fully saturated rings. The van der Waals surface area contributed by atoms with E-state index in [1.807, 2.05) is 30.6 Å². The van der Waals surface area contributed by atoms with Crippen LogP contribution in [0.5, 0.6) is 0 Å². The third-order valence-electron chi connectivity index (χ3n) is 11.2. The summed E-state index contributed by atoms with van der Waals surface area (Å²) in [5, 5.41) is 12.2. The molecule has 2 aromatic heterocycles. The lowest BCUT2D eigenvalue weighted by Gasteiger charge is -2.46. The molecule has 57 heavy (non-hydrogen) atoms. The van der Waals surface area contributed by atoms with Crippen molar-refractivity contribution >= 4 is 50.2 Å². The predicted molar refractivity (Wildman–Crippen MR) is 228 cm³/mol. The number of benzene rings is 7. The van der Waals surface area contributed by atoms with E-state index in [9.17, 15) is 5.26 Å². The number of anilines is 3. The summed E-state index contributed by atoms with van der Waals surface area (Å²) >= 11 is 0. The lowest BCUT2D eigenvalue weighted by Crippen LogP contribution is -2.37. The topological polar surface area (TPSA) is 53.6 Å². The van der Waals surface area contributed by atoms with Crippen LogP contribution in [0.2, 0.25) is 0 Å². The lowest BCUT2D eigenvalue weighted by molar-refractivity contribution is 0.731. The van der Waals surface area contributed by atoms with Gasteiger partial charge in [0.05, 0.1) is 47.0 Å². The Morgan fingerprint density at radius 2 is 1.18 bits per heavy atom. The van der Waals surface area contributed by atoms with Crippen molar-refractivity contribution in [3.63, 3.8) is 0 Å². The highest BCUT2D eigenvalue weighted by Crippen LogP contribution is 2.58. The summed E-state index contributed by atoms with van der Waals surface area (Å²) in [5.41, 5.74) is 11.6. The summed E-state index contributed by atoms with van der Waals surface area (Å²) in [6.45, 7) is 16.2. The van der Waals surface area contributed by atoms with Crippen LogP contribution in [0.3, 0.4) is 0 Å². The Morgan fingerprint density at radius 1 is 0.579 bits per heavy atom. The molecular weight excluding hydrogens is 697 g/mol. The van der Waals surface area contributed by atoms with Crippen LogP contribution in [0.15, 0.2) is 182 Å². The van der Waals surface area contributed by atoms with E-state index in [1.54, 1.807) is 6.07 Å². The fourth-order valence-corrected chi connectivity index (χ4v) is 8.90. The molecule has 0 saturated carbocycles. The molecule has 7 aromatic carbocycles. The molecule has 6 heteroatoms. The Hall–Kier alpha value is -8.24. The molecule has 6 nitrogen and oxygen atoms in total. The number of nitrogens with zero attached hydrogens (tertiary/aromatic N) is 6. The molecule has 0 atom stereocenters. The largest absolute Gasteiger partial charge is 0.310 e. The Bertz CT molecular complexity index is 3040. The molecule has 0 aliphatic carbocycles. The molecule has 0 unspecified atom stereocenters. The van der Waals surface area contributed by atoms with Crippen molar-refractivity contribution in [1.29, 1.82) is 5.26 Å². The van der Waals surface area contributed by atoms with E-state index in [2.05, 4.69) is 170 Å². The van der Waals surface area contributed by atoms with Gasteiger partial charge in [0.2, 0.25) is 5.69 Å². The van der Waals surface area contributed by atoms with E-state index >= 15 is 0 Å². The van der Waals surface area contributed by atoms with Gasteiger partial charge in [-0.3, -0.25) is 9.83 Å². The van der Waals surface area contributed by atoms with E-state index < -0.39 is 5.41 Å². The van der Waals surface area contributed by atoms with E-state index in [1.165, 1.54) is 6.07 Å². The van der Waals surface area contributed by atoms with Crippen molar-refractivity contribution < 1.29 is 0 Å². The fourth-order valence-electron chi connectivity index (χ4n) is 8.90. The van der Waals surface area contributed by atoms with Crippen molar-refractivity contribution in [2.75, 3.05) is 4.90 Å². The van der Waals surface area contributed by atoms with Crippen molar-refractivity contribution in [1.82, 2.24) is 9.55 Å². The zero-order valence-corrected chi connectivity index (χ0v) is 30.5. The van der Waals surface area contributed by atoms with Gasteiger partial charge in [-0.1, -0.05) is 121 Å². The second-order valence-electron chi connectivity index (χ2n) is 14.1. The minimum Gasteiger partial charge on any atom is -0.310 e. The first-order valence-electron chi connectivity index (χ1n) is 18.6. The maximum absolute atomic E-state index is 10.1. The van der Waals surface area contributed by atoms with Crippen LogP contribution in [0.1, 0.15) is 27.8 Å². The van der Waals surface area contributed by atoms with Gasteiger partial charge in [0.1, 0.15) is 0 Å². The monoisotopic (exact) mass is 726 g/mol. The maximum atomic E-state index is 10.1. The van der Waals surface area contributed by atoms with Crippen LogP contribution in [0.4, 0.5) is 28.4 Å². The van der Waals surface area contributed by atoms with E-state index in [0.717, 1.165) is 66.8 Å². The molecule has 0 N–H and O–H groups in total. The van der Waals surface area contributed by atoms with Crippen LogP contribution in [0.25, 0.3) is 48.3 Å². The third kappa shape index (κ3) is 4.98. The summed E-state index contributed by atoms with van der Waals surface area (Å²) in [4.78, 5) is 14.4. The van der Waals surface area contributed by atoms with E-state index in [4.69, 9.17) is 13.1 Å². The average molecular weight is 727 g/mol. The van der Waals surface area contributed by atoms with Gasteiger partial charge in [0.15, 0.2) is 5.69 Å². The smallest absolute Gasteiger partial charge is 0.202 e. The highest BCUT2D eigenvalue weighted by molar-refractivity contribution is 6.09. The first kappa shape index (κ1) is 33.3. The number of hydrogen-bond acceptors (Lipinski definition) is 3. The van der Waals surface area contributed by atoms with E-state index in [-0.39, 0.29) is 11.4 Å². The number of aromatic nitrogens is 2. The van der Waals surface area contributed by atoms with Crippen molar-refractivity contribution in [3.05, 3.63) is 233 Å². The second-order valence-corrected chi connectivity index (χ2v) is 14.1. The zero-order chi connectivity index (χ0) is 38.5. The molecule has 264 valence electrons. The minimum atomic E-state index is -0.643. The summed E-state index contributed by atoms with van der Waals surface area (Å²) < 4.78 is 2.24. The van der Waals surface area contributed by atoms with Gasteiger partial charge >= 0.3 is 0 Å². The molecule has 1 aliphatic rings. The Kier molecular flexibility index (Phi) is 7.75. The molecule has 0 radical (unpaired) electrons. The summed E-state index contributed by atoms with van der Waals surface area (Å²) in [7, 11) is 0. The van der Waals surface area contributed by atoms with Gasteiger partial charge in [-0.15, -0.1) is 0 Å². The van der Waals surface area contributed by atoms with Gasteiger partial charge in [0, 0.05) is 40.1 Å². The third-order valence-corrected chi connectivity index (χ3v) is 11.2.